The van der Waals surface area contributed by atoms with E-state index in [2.05, 4.69) is 0 Å². The van der Waals surface area contributed by atoms with Gasteiger partial charge in [-0.05, 0) is 41.5 Å². The zero-order valence-corrected chi connectivity index (χ0v) is 13.7. The summed E-state index contributed by atoms with van der Waals surface area (Å²) in [4.78, 5) is 23.0. The summed E-state index contributed by atoms with van der Waals surface area (Å²) in [5.41, 5.74) is -11.0. The van der Waals surface area contributed by atoms with Crippen LogP contribution in [0.25, 0.3) is 0 Å². The number of carbonyl (C=O) groups excluding carboxylic acids is 2. The second-order valence-corrected chi connectivity index (χ2v) is 6.30. The standard InChI is InChI=1S/C14H26O8/c1-7(15)10(18)11(4,19)12(5,20)13(6,21)14(22,8(2)16)9(3)17/h8,10,16,18-22H,1-6H3/t8?,10?,11-,12+,13-,14-/m0/s1. The number of aliphatic hydroxyl groups excluding tert-OH is 2. The maximum absolute atomic E-state index is 11.7. The monoisotopic (exact) mass is 322 g/mol. The maximum atomic E-state index is 11.7. The number of hydrogen-bond acceptors (Lipinski definition) is 8. The number of aliphatic hydroxyl groups is 6. The van der Waals surface area contributed by atoms with Crippen molar-refractivity contribution >= 4 is 11.6 Å². The summed E-state index contributed by atoms with van der Waals surface area (Å²) < 4.78 is 0. The van der Waals surface area contributed by atoms with Gasteiger partial charge in [0, 0.05) is 0 Å². The van der Waals surface area contributed by atoms with E-state index in [1.165, 1.54) is 0 Å². The molecule has 130 valence electrons. The van der Waals surface area contributed by atoms with Crippen molar-refractivity contribution in [2.45, 2.75) is 76.2 Å². The minimum atomic E-state index is -2.85. The van der Waals surface area contributed by atoms with Gasteiger partial charge in [0.15, 0.2) is 17.2 Å². The minimum Gasteiger partial charge on any atom is -0.390 e. The summed E-state index contributed by atoms with van der Waals surface area (Å²) in [5, 5.41) is 61.5. The first-order valence-electron chi connectivity index (χ1n) is 6.76. The first-order chi connectivity index (χ1) is 9.49. The molecule has 0 radical (unpaired) electrons. The van der Waals surface area contributed by atoms with E-state index in [-0.39, 0.29) is 0 Å². The van der Waals surface area contributed by atoms with Gasteiger partial charge in [0.1, 0.15) is 22.9 Å². The molecule has 0 bridgehead atoms. The molecule has 0 heterocycles. The van der Waals surface area contributed by atoms with Gasteiger partial charge in [-0.2, -0.15) is 0 Å². The third kappa shape index (κ3) is 2.70. The molecule has 0 spiro atoms. The molecular weight excluding hydrogens is 296 g/mol. The number of rotatable bonds is 7. The van der Waals surface area contributed by atoms with Crippen LogP contribution in [0, 0.1) is 0 Å². The molecule has 8 heteroatoms. The molecule has 0 aliphatic heterocycles. The lowest BCUT2D eigenvalue weighted by Gasteiger charge is -2.54. The van der Waals surface area contributed by atoms with Crippen LogP contribution >= 0.6 is 0 Å². The summed E-state index contributed by atoms with van der Waals surface area (Å²) >= 11 is 0. The van der Waals surface area contributed by atoms with Crippen LogP contribution in [0.3, 0.4) is 0 Å². The van der Waals surface area contributed by atoms with Crippen LogP contribution in [-0.2, 0) is 9.59 Å². The number of hydrogen-bond donors (Lipinski definition) is 6. The van der Waals surface area contributed by atoms with Crippen LogP contribution < -0.4 is 0 Å². The lowest BCUT2D eigenvalue weighted by molar-refractivity contribution is -0.302. The van der Waals surface area contributed by atoms with Gasteiger partial charge in [0.25, 0.3) is 0 Å². The second-order valence-electron chi connectivity index (χ2n) is 6.30. The van der Waals surface area contributed by atoms with Crippen LogP contribution in [0.2, 0.25) is 0 Å². The third-order valence-corrected chi connectivity index (χ3v) is 4.73. The van der Waals surface area contributed by atoms with Crippen molar-refractivity contribution in [3.63, 3.8) is 0 Å². The summed E-state index contributed by atoms with van der Waals surface area (Å²) in [6.07, 6.45) is -3.91. The molecule has 0 aromatic rings. The van der Waals surface area contributed by atoms with Gasteiger partial charge in [-0.3, -0.25) is 9.59 Å². The summed E-state index contributed by atoms with van der Waals surface area (Å²) in [6, 6.07) is 0. The summed E-state index contributed by atoms with van der Waals surface area (Å²) in [7, 11) is 0. The molecule has 0 aliphatic carbocycles. The Labute approximate surface area is 129 Å². The SMILES string of the molecule is CC(=O)C(O)[C@](C)(O)[C@@](C)(O)[C@](C)(O)[C@@](O)(C(C)=O)C(C)O. The normalized spacial score (nSPS) is 25.8. The van der Waals surface area contributed by atoms with E-state index in [9.17, 15) is 40.2 Å². The molecule has 0 saturated heterocycles. The molecule has 8 nitrogen and oxygen atoms in total. The van der Waals surface area contributed by atoms with Crippen molar-refractivity contribution in [3.8, 4) is 0 Å². The molecule has 0 aliphatic rings. The molecule has 0 rings (SSSR count). The maximum Gasteiger partial charge on any atom is 0.179 e. The van der Waals surface area contributed by atoms with Crippen LogP contribution in [0.4, 0.5) is 0 Å². The van der Waals surface area contributed by atoms with E-state index in [4.69, 9.17) is 0 Å². The second kappa shape index (κ2) is 5.95. The molecule has 6 atom stereocenters. The fourth-order valence-corrected chi connectivity index (χ4v) is 2.57. The number of Topliss-reactive ketones (excluding diaryl/α,β-unsaturated/α-hetero) is 2. The number of carbonyl (C=O) groups is 2. The van der Waals surface area contributed by atoms with Crippen LogP contribution in [0.1, 0.15) is 41.5 Å². The van der Waals surface area contributed by atoms with Crippen molar-refractivity contribution in [1.82, 2.24) is 0 Å². The fourth-order valence-electron chi connectivity index (χ4n) is 2.57. The fraction of sp³-hybridized carbons (Fsp3) is 0.857. The first-order valence-corrected chi connectivity index (χ1v) is 6.76. The summed E-state index contributed by atoms with van der Waals surface area (Å²) in [6.45, 7) is 5.39. The van der Waals surface area contributed by atoms with Gasteiger partial charge < -0.3 is 30.6 Å². The predicted molar refractivity (Wildman–Crippen MR) is 75.9 cm³/mol. The highest BCUT2D eigenvalue weighted by Gasteiger charge is 2.68. The van der Waals surface area contributed by atoms with Gasteiger partial charge >= 0.3 is 0 Å². The predicted octanol–water partition coefficient (Wildman–Crippen LogP) is -2.11. The van der Waals surface area contributed by atoms with Crippen molar-refractivity contribution in [2.24, 2.45) is 0 Å². The van der Waals surface area contributed by atoms with Gasteiger partial charge in [0.2, 0.25) is 0 Å². The molecular formula is C14H26O8. The molecule has 0 amide bonds. The van der Waals surface area contributed by atoms with Crippen molar-refractivity contribution in [3.05, 3.63) is 0 Å². The van der Waals surface area contributed by atoms with Gasteiger partial charge in [-0.25, -0.2) is 0 Å². The third-order valence-electron chi connectivity index (χ3n) is 4.73. The zero-order valence-electron chi connectivity index (χ0n) is 13.7. The molecule has 22 heavy (non-hydrogen) atoms. The van der Waals surface area contributed by atoms with Gasteiger partial charge in [-0.15, -0.1) is 0 Å². The van der Waals surface area contributed by atoms with E-state index in [1.807, 2.05) is 0 Å². The lowest BCUT2D eigenvalue weighted by Crippen LogP contribution is -2.79. The van der Waals surface area contributed by atoms with Crippen LogP contribution in [-0.4, -0.2) is 76.8 Å². The lowest BCUT2D eigenvalue weighted by atomic mass is 9.61. The smallest absolute Gasteiger partial charge is 0.179 e. The Morgan fingerprint density at radius 1 is 0.864 bits per heavy atom. The van der Waals surface area contributed by atoms with E-state index in [0.29, 0.717) is 0 Å². The van der Waals surface area contributed by atoms with Crippen molar-refractivity contribution < 1.29 is 40.2 Å². The average molecular weight is 322 g/mol. The Balaban J connectivity index is 6.27. The molecule has 0 fully saturated rings. The Bertz CT molecular complexity index is 452. The zero-order chi connectivity index (χ0) is 18.3. The van der Waals surface area contributed by atoms with Crippen molar-refractivity contribution in [2.75, 3.05) is 0 Å². The van der Waals surface area contributed by atoms with Crippen molar-refractivity contribution in [1.29, 1.82) is 0 Å². The Morgan fingerprint density at radius 2 is 1.23 bits per heavy atom. The average Bonchev–Trinajstić information content (AvgIpc) is 2.34. The van der Waals surface area contributed by atoms with E-state index in [1.54, 1.807) is 0 Å². The summed E-state index contributed by atoms with van der Waals surface area (Å²) in [5.74, 6) is -1.97. The molecule has 6 N–H and O–H groups in total. The van der Waals surface area contributed by atoms with E-state index in [0.717, 1.165) is 41.5 Å². The Kier molecular flexibility index (Phi) is 5.71. The van der Waals surface area contributed by atoms with E-state index < -0.39 is 46.2 Å². The first kappa shape index (κ1) is 21.1. The number of ketones is 2. The van der Waals surface area contributed by atoms with Crippen LogP contribution in [0.15, 0.2) is 0 Å². The Hall–Kier alpha value is -0.900. The molecule has 0 aromatic heterocycles. The van der Waals surface area contributed by atoms with Crippen LogP contribution in [0.5, 0.6) is 0 Å². The minimum absolute atomic E-state index is 0.822. The van der Waals surface area contributed by atoms with Gasteiger partial charge in [-0.1, -0.05) is 0 Å². The topological polar surface area (TPSA) is 156 Å². The highest BCUT2D eigenvalue weighted by atomic mass is 16.4. The highest BCUT2D eigenvalue weighted by molar-refractivity contribution is 5.87. The Morgan fingerprint density at radius 3 is 1.45 bits per heavy atom. The highest BCUT2D eigenvalue weighted by Crippen LogP contribution is 2.43. The largest absolute Gasteiger partial charge is 0.390 e. The quantitative estimate of drug-likeness (QED) is 0.311. The van der Waals surface area contributed by atoms with E-state index >= 15 is 0 Å². The molecule has 2 unspecified atom stereocenters. The molecule has 0 saturated carbocycles. The molecule has 0 aromatic carbocycles. The van der Waals surface area contributed by atoms with Gasteiger partial charge in [0.05, 0.1) is 6.10 Å².